The number of thiophene rings is 1. The van der Waals surface area contributed by atoms with Crippen LogP contribution in [-0.4, -0.2) is 14.8 Å². The number of halogens is 1. The van der Waals surface area contributed by atoms with Crippen molar-refractivity contribution in [1.29, 1.82) is 0 Å². The Labute approximate surface area is 155 Å². The van der Waals surface area contributed by atoms with Crippen LogP contribution in [-0.2, 0) is 18.7 Å². The normalized spacial score (nSPS) is 11.0. The first-order valence-electron chi connectivity index (χ1n) is 8.21. The van der Waals surface area contributed by atoms with E-state index in [9.17, 15) is 4.39 Å². The molecule has 0 spiro atoms. The lowest BCUT2D eigenvalue weighted by Crippen LogP contribution is -2.00. The summed E-state index contributed by atoms with van der Waals surface area (Å²) in [5.74, 6) is 1.17. The molecule has 1 aromatic carbocycles. The molecule has 0 saturated heterocycles. The van der Waals surface area contributed by atoms with Crippen LogP contribution in [0.5, 0.6) is 0 Å². The van der Waals surface area contributed by atoms with Crippen LogP contribution in [0.4, 0.5) is 4.39 Å². The summed E-state index contributed by atoms with van der Waals surface area (Å²) in [5, 5.41) is 11.6. The molecule has 0 saturated carbocycles. The highest BCUT2D eigenvalue weighted by molar-refractivity contribution is 7.98. The van der Waals surface area contributed by atoms with Crippen molar-refractivity contribution in [3.8, 4) is 11.4 Å². The Kier molecular flexibility index (Phi) is 6.04. The average molecular weight is 374 g/mol. The van der Waals surface area contributed by atoms with Gasteiger partial charge in [-0.2, -0.15) is 0 Å². The number of hydrogen-bond donors (Lipinski definition) is 0. The van der Waals surface area contributed by atoms with Crippen molar-refractivity contribution in [2.45, 2.75) is 37.2 Å². The summed E-state index contributed by atoms with van der Waals surface area (Å²) in [6.45, 7) is 6.64. The Morgan fingerprint density at radius 2 is 2.16 bits per heavy atom. The number of aromatic nitrogens is 3. The van der Waals surface area contributed by atoms with Gasteiger partial charge in [-0.25, -0.2) is 4.39 Å². The minimum atomic E-state index is -0.188. The first-order chi connectivity index (χ1) is 12.2. The molecule has 0 aliphatic rings. The smallest absolute Gasteiger partial charge is 0.192 e. The molecule has 0 N–H and O–H groups in total. The minimum Gasteiger partial charge on any atom is -0.298 e. The summed E-state index contributed by atoms with van der Waals surface area (Å²) < 4.78 is 15.9. The van der Waals surface area contributed by atoms with Crippen molar-refractivity contribution in [1.82, 2.24) is 14.8 Å². The number of hydrogen-bond acceptors (Lipinski definition) is 4. The molecule has 3 nitrogen and oxygen atoms in total. The zero-order valence-electron chi connectivity index (χ0n) is 14.1. The molecule has 2 heterocycles. The summed E-state index contributed by atoms with van der Waals surface area (Å²) in [6, 6.07) is 9.01. The van der Waals surface area contributed by atoms with Crippen LogP contribution < -0.4 is 0 Å². The van der Waals surface area contributed by atoms with E-state index in [0.29, 0.717) is 17.9 Å². The van der Waals surface area contributed by atoms with Gasteiger partial charge in [0.25, 0.3) is 0 Å². The highest BCUT2D eigenvalue weighted by Gasteiger charge is 2.15. The van der Waals surface area contributed by atoms with E-state index in [1.165, 1.54) is 22.7 Å². The maximum Gasteiger partial charge on any atom is 0.192 e. The van der Waals surface area contributed by atoms with E-state index in [-0.39, 0.29) is 5.82 Å². The molecule has 130 valence electrons. The zero-order valence-corrected chi connectivity index (χ0v) is 15.7. The largest absolute Gasteiger partial charge is 0.298 e. The Morgan fingerprint density at radius 1 is 1.32 bits per heavy atom. The number of thioether (sulfide) groups is 1. The van der Waals surface area contributed by atoms with Crippen LogP contribution in [0.25, 0.3) is 11.4 Å². The summed E-state index contributed by atoms with van der Waals surface area (Å²) in [6.07, 6.45) is 4.04. The molecular formula is C19H20FN3S2. The third-order valence-corrected chi connectivity index (χ3v) is 5.76. The average Bonchev–Trinajstić information content (AvgIpc) is 3.22. The van der Waals surface area contributed by atoms with Crippen molar-refractivity contribution >= 4 is 23.1 Å². The molecule has 0 bridgehead atoms. The molecule has 0 amide bonds. The second-order valence-corrected chi connectivity index (χ2v) is 7.58. The Hall–Kier alpha value is -1.92. The first-order valence-corrected chi connectivity index (χ1v) is 10.1. The monoisotopic (exact) mass is 373 g/mol. The minimum absolute atomic E-state index is 0.188. The maximum absolute atomic E-state index is 13.8. The fourth-order valence-electron chi connectivity index (χ4n) is 2.54. The summed E-state index contributed by atoms with van der Waals surface area (Å²) in [5.41, 5.74) is 1.75. The fraction of sp³-hybridized carbons (Fsp3) is 0.263. The molecule has 25 heavy (non-hydrogen) atoms. The Morgan fingerprint density at radius 3 is 2.92 bits per heavy atom. The number of rotatable bonds is 8. The molecule has 2 aromatic heterocycles. The molecule has 3 aromatic rings. The number of benzene rings is 1. The summed E-state index contributed by atoms with van der Waals surface area (Å²) in [4.78, 5) is 1.35. The van der Waals surface area contributed by atoms with Crippen molar-refractivity contribution in [3.05, 3.63) is 64.6 Å². The van der Waals surface area contributed by atoms with Crippen molar-refractivity contribution in [2.75, 3.05) is 0 Å². The van der Waals surface area contributed by atoms with E-state index >= 15 is 0 Å². The van der Waals surface area contributed by atoms with E-state index < -0.39 is 0 Å². The van der Waals surface area contributed by atoms with Crippen LogP contribution in [0.3, 0.4) is 0 Å². The molecule has 3 rings (SSSR count). The maximum atomic E-state index is 13.8. The number of nitrogens with zero attached hydrogens (tertiary/aromatic N) is 3. The van der Waals surface area contributed by atoms with Crippen LogP contribution >= 0.6 is 23.1 Å². The van der Waals surface area contributed by atoms with Crippen LogP contribution in [0.1, 0.15) is 23.8 Å². The summed E-state index contributed by atoms with van der Waals surface area (Å²) in [7, 11) is 0. The van der Waals surface area contributed by atoms with Gasteiger partial charge in [0.05, 0.1) is 0 Å². The van der Waals surface area contributed by atoms with Gasteiger partial charge in [0.1, 0.15) is 5.82 Å². The van der Waals surface area contributed by atoms with Gasteiger partial charge in [0, 0.05) is 28.1 Å². The van der Waals surface area contributed by atoms with Crippen LogP contribution in [0.2, 0.25) is 0 Å². The molecule has 0 unspecified atom stereocenters. The predicted molar refractivity (Wildman–Crippen MR) is 103 cm³/mol. The van der Waals surface area contributed by atoms with Gasteiger partial charge in [0.2, 0.25) is 0 Å². The molecule has 0 aliphatic heterocycles. The van der Waals surface area contributed by atoms with E-state index in [2.05, 4.69) is 35.1 Å². The second-order valence-electron chi connectivity index (χ2n) is 5.64. The van der Waals surface area contributed by atoms with E-state index in [1.807, 2.05) is 16.7 Å². The van der Waals surface area contributed by atoms with Crippen molar-refractivity contribution < 1.29 is 4.39 Å². The van der Waals surface area contributed by atoms with Gasteiger partial charge >= 0.3 is 0 Å². The molecule has 0 fully saturated rings. The first kappa shape index (κ1) is 17.9. The number of allylic oxidation sites excluding steroid dienone is 1. The highest BCUT2D eigenvalue weighted by atomic mass is 32.2. The molecule has 0 radical (unpaired) electrons. The zero-order chi connectivity index (χ0) is 17.6. The van der Waals surface area contributed by atoms with Crippen molar-refractivity contribution in [2.24, 2.45) is 0 Å². The lowest BCUT2D eigenvalue weighted by molar-refractivity contribution is 0.617. The second kappa shape index (κ2) is 8.45. The van der Waals surface area contributed by atoms with Gasteiger partial charge < -0.3 is 0 Å². The lowest BCUT2D eigenvalue weighted by Gasteiger charge is -2.07. The Bertz CT molecular complexity index is 854. The van der Waals surface area contributed by atoms with Crippen LogP contribution in [0, 0.1) is 5.82 Å². The van der Waals surface area contributed by atoms with E-state index in [0.717, 1.165) is 29.4 Å². The molecule has 0 atom stereocenters. The lowest BCUT2D eigenvalue weighted by atomic mass is 10.2. The molecule has 0 aliphatic carbocycles. The van der Waals surface area contributed by atoms with Crippen LogP contribution in [0.15, 0.2) is 53.5 Å². The number of aryl methyl sites for hydroxylation is 1. The van der Waals surface area contributed by atoms with Gasteiger partial charge in [0.15, 0.2) is 11.0 Å². The van der Waals surface area contributed by atoms with Gasteiger partial charge in [-0.15, -0.1) is 28.1 Å². The highest BCUT2D eigenvalue weighted by Crippen LogP contribution is 2.30. The van der Waals surface area contributed by atoms with Crippen molar-refractivity contribution in [3.63, 3.8) is 0 Å². The topological polar surface area (TPSA) is 30.7 Å². The fourth-order valence-corrected chi connectivity index (χ4v) is 4.44. The van der Waals surface area contributed by atoms with Gasteiger partial charge in [-0.1, -0.05) is 49.4 Å². The molecule has 6 heteroatoms. The predicted octanol–water partition coefficient (Wildman–Crippen LogP) is 5.58. The third-order valence-electron chi connectivity index (χ3n) is 3.75. The third kappa shape index (κ3) is 4.19. The van der Waals surface area contributed by atoms with Gasteiger partial charge in [-0.05, 0) is 24.1 Å². The standard InChI is InChI=1S/C19H20FN3S2/c1-3-7-16-11-15(13-24-16)18-21-22-19(23(18)10-4-2)25-12-14-8-5-6-9-17(14)20/h4-6,8-9,11,13H,2-3,7,10,12H2,1H3. The van der Waals surface area contributed by atoms with E-state index in [4.69, 9.17) is 0 Å². The Balaban J connectivity index is 1.83. The quantitative estimate of drug-likeness (QED) is 0.382. The van der Waals surface area contributed by atoms with E-state index in [1.54, 1.807) is 23.5 Å². The summed E-state index contributed by atoms with van der Waals surface area (Å²) >= 11 is 3.25. The van der Waals surface area contributed by atoms with Gasteiger partial charge in [-0.3, -0.25) is 4.57 Å². The molecular weight excluding hydrogens is 353 g/mol. The SMILES string of the molecule is C=CCn1c(SCc2ccccc2F)nnc1-c1csc(CCC)c1.